The molecule has 0 atom stereocenters. The summed E-state index contributed by atoms with van der Waals surface area (Å²) in [6.45, 7) is 8.09. The first-order valence-corrected chi connectivity index (χ1v) is 14.1. The summed E-state index contributed by atoms with van der Waals surface area (Å²) in [5, 5.41) is 20.5. The van der Waals surface area contributed by atoms with Crippen molar-refractivity contribution in [2.24, 2.45) is 0 Å². The van der Waals surface area contributed by atoms with E-state index in [4.69, 9.17) is 37.9 Å². The molecule has 42 heavy (non-hydrogen) atoms. The second kappa shape index (κ2) is 18.5. The molecule has 3 rings (SSSR count). The van der Waals surface area contributed by atoms with E-state index in [1.54, 1.807) is 0 Å². The maximum absolute atomic E-state index is 10.2. The largest absolute Gasteiger partial charge is 0.502 e. The summed E-state index contributed by atoms with van der Waals surface area (Å²) in [5.74, 6) is 1.45. The fraction of sp³-hybridized carbons (Fsp3) is 0.600. The van der Waals surface area contributed by atoms with Gasteiger partial charge >= 0.3 is 0 Å². The molecule has 1 aliphatic rings. The van der Waals surface area contributed by atoms with E-state index in [1.807, 2.05) is 24.3 Å². The van der Waals surface area contributed by atoms with Crippen LogP contribution in [0.3, 0.4) is 0 Å². The van der Waals surface area contributed by atoms with Gasteiger partial charge in [-0.15, -0.1) is 0 Å². The molecule has 1 heterocycles. The van der Waals surface area contributed by atoms with Crippen LogP contribution in [0.4, 0.5) is 0 Å². The van der Waals surface area contributed by atoms with Crippen LogP contribution in [0, 0.1) is 0 Å². The zero-order valence-corrected chi connectivity index (χ0v) is 25.3. The normalized spacial score (nSPS) is 17.6. The van der Waals surface area contributed by atoms with Crippen LogP contribution in [-0.2, 0) is 32.0 Å². The summed E-state index contributed by atoms with van der Waals surface area (Å²) in [7, 11) is 6.07. The van der Waals surface area contributed by atoms with Gasteiger partial charge in [-0.25, -0.2) is 0 Å². The van der Waals surface area contributed by atoms with Crippen molar-refractivity contribution in [1.82, 2.24) is 9.80 Å². The molecule has 0 aliphatic carbocycles. The SMILES string of the molecule is COc1cc(CN2CCOCCOCCN(Cc3cc(OC)c(O)c(OC)c3)CCOCCOCC2)cc(OC)c1O. The molecule has 2 aromatic rings. The molecule has 0 spiro atoms. The van der Waals surface area contributed by atoms with Crippen molar-refractivity contribution in [3.8, 4) is 34.5 Å². The highest BCUT2D eigenvalue weighted by Gasteiger charge is 2.16. The summed E-state index contributed by atoms with van der Waals surface area (Å²) in [6, 6.07) is 7.24. The molecule has 1 aliphatic heterocycles. The number of benzene rings is 2. The summed E-state index contributed by atoms with van der Waals surface area (Å²) >= 11 is 0. The first-order chi connectivity index (χ1) is 20.5. The maximum atomic E-state index is 10.2. The smallest absolute Gasteiger partial charge is 0.200 e. The van der Waals surface area contributed by atoms with E-state index in [1.165, 1.54) is 28.4 Å². The Morgan fingerprint density at radius 3 is 1.00 bits per heavy atom. The monoisotopic (exact) mass is 594 g/mol. The zero-order chi connectivity index (χ0) is 30.2. The maximum Gasteiger partial charge on any atom is 0.200 e. The van der Waals surface area contributed by atoms with Gasteiger partial charge in [0.2, 0.25) is 11.5 Å². The zero-order valence-electron chi connectivity index (χ0n) is 25.3. The molecule has 2 N–H and O–H groups in total. The number of aromatic hydroxyl groups is 2. The molecule has 2 aromatic carbocycles. The molecule has 0 amide bonds. The van der Waals surface area contributed by atoms with Gasteiger partial charge in [-0.1, -0.05) is 0 Å². The van der Waals surface area contributed by atoms with Crippen molar-refractivity contribution >= 4 is 0 Å². The average Bonchev–Trinajstić information content (AvgIpc) is 3.00. The standard InChI is InChI=1S/C30H46N2O10/c1-35-25-17-23(18-26(36-2)29(25)33)21-31-5-9-39-13-15-41-11-7-32(8-12-42-16-14-40-10-6-31)22-24-19-27(37-3)30(34)28(20-24)38-4/h17-20,33-34H,5-16,21-22H2,1-4H3. The molecule has 236 valence electrons. The van der Waals surface area contributed by atoms with Crippen LogP contribution in [0.25, 0.3) is 0 Å². The van der Waals surface area contributed by atoms with Gasteiger partial charge in [0.25, 0.3) is 0 Å². The van der Waals surface area contributed by atoms with E-state index in [0.717, 1.165) is 11.1 Å². The Labute approximate surface area is 248 Å². The molecule has 12 nitrogen and oxygen atoms in total. The molecule has 0 aromatic heterocycles. The van der Waals surface area contributed by atoms with Crippen molar-refractivity contribution < 1.29 is 48.1 Å². The lowest BCUT2D eigenvalue weighted by Gasteiger charge is -2.24. The minimum absolute atomic E-state index is 0.0148. The molecule has 1 fully saturated rings. The fourth-order valence-electron chi connectivity index (χ4n) is 4.55. The quantitative estimate of drug-likeness (QED) is 0.467. The number of ether oxygens (including phenoxy) is 8. The Morgan fingerprint density at radius 2 is 0.762 bits per heavy atom. The van der Waals surface area contributed by atoms with Gasteiger partial charge < -0.3 is 48.1 Å². The van der Waals surface area contributed by atoms with E-state index < -0.39 is 0 Å². The summed E-state index contributed by atoms with van der Waals surface area (Å²) in [5.41, 5.74) is 1.90. The highest BCUT2D eigenvalue weighted by molar-refractivity contribution is 5.53. The van der Waals surface area contributed by atoms with Crippen LogP contribution in [0.15, 0.2) is 24.3 Å². The van der Waals surface area contributed by atoms with Gasteiger partial charge in [0.05, 0.1) is 81.3 Å². The van der Waals surface area contributed by atoms with E-state index in [-0.39, 0.29) is 11.5 Å². The highest BCUT2D eigenvalue weighted by Crippen LogP contribution is 2.38. The molecule has 0 radical (unpaired) electrons. The van der Waals surface area contributed by atoms with Gasteiger partial charge in [0.1, 0.15) is 0 Å². The molecule has 0 unspecified atom stereocenters. The lowest BCUT2D eigenvalue weighted by molar-refractivity contribution is 0.00622. The lowest BCUT2D eigenvalue weighted by Crippen LogP contribution is -2.32. The second-order valence-electron chi connectivity index (χ2n) is 9.70. The lowest BCUT2D eigenvalue weighted by atomic mass is 10.1. The second-order valence-corrected chi connectivity index (χ2v) is 9.70. The summed E-state index contributed by atoms with van der Waals surface area (Å²) in [6.07, 6.45) is 0. The summed E-state index contributed by atoms with van der Waals surface area (Å²) < 4.78 is 44.7. The van der Waals surface area contributed by atoms with Crippen LogP contribution in [0.2, 0.25) is 0 Å². The Hall–Kier alpha value is -3.00. The van der Waals surface area contributed by atoms with Crippen LogP contribution in [-0.4, -0.2) is 127 Å². The number of phenolic OH excluding ortho intramolecular Hbond substituents is 2. The number of phenols is 2. The van der Waals surface area contributed by atoms with Crippen LogP contribution in [0.5, 0.6) is 34.5 Å². The van der Waals surface area contributed by atoms with E-state index in [2.05, 4.69) is 9.80 Å². The topological polar surface area (TPSA) is 121 Å². The Bertz CT molecular complexity index is 917. The van der Waals surface area contributed by atoms with Crippen LogP contribution in [0.1, 0.15) is 11.1 Å². The minimum Gasteiger partial charge on any atom is -0.502 e. The number of hydrogen-bond acceptors (Lipinski definition) is 12. The highest BCUT2D eigenvalue weighted by atomic mass is 16.5. The summed E-state index contributed by atoms with van der Waals surface area (Å²) in [4.78, 5) is 4.45. The molecular weight excluding hydrogens is 548 g/mol. The Morgan fingerprint density at radius 1 is 0.500 bits per heavy atom. The number of rotatable bonds is 8. The number of hydrogen-bond donors (Lipinski definition) is 2. The van der Waals surface area contributed by atoms with Crippen molar-refractivity contribution in [2.45, 2.75) is 13.1 Å². The Balaban J connectivity index is 1.54. The molecule has 1 saturated heterocycles. The first kappa shape index (κ1) is 33.5. The van der Waals surface area contributed by atoms with Crippen LogP contribution < -0.4 is 18.9 Å². The third-order valence-corrected chi connectivity index (χ3v) is 6.84. The third kappa shape index (κ3) is 10.7. The Kier molecular flexibility index (Phi) is 14.8. The van der Waals surface area contributed by atoms with Crippen molar-refractivity contribution in [1.29, 1.82) is 0 Å². The van der Waals surface area contributed by atoms with Gasteiger partial charge in [-0.2, -0.15) is 0 Å². The molecule has 0 bridgehead atoms. The van der Waals surface area contributed by atoms with Gasteiger partial charge in [-0.3, -0.25) is 9.80 Å². The third-order valence-electron chi connectivity index (χ3n) is 6.84. The minimum atomic E-state index is -0.0148. The number of methoxy groups -OCH3 is 4. The predicted octanol–water partition coefficient (Wildman–Crippen LogP) is 2.52. The van der Waals surface area contributed by atoms with Gasteiger partial charge in [-0.05, 0) is 35.4 Å². The van der Waals surface area contributed by atoms with Crippen molar-refractivity contribution in [2.75, 3.05) is 107 Å². The fourth-order valence-corrected chi connectivity index (χ4v) is 4.55. The van der Waals surface area contributed by atoms with E-state index in [9.17, 15) is 10.2 Å². The van der Waals surface area contributed by atoms with E-state index in [0.29, 0.717) is 115 Å². The predicted molar refractivity (Wildman–Crippen MR) is 156 cm³/mol. The first-order valence-electron chi connectivity index (χ1n) is 14.1. The van der Waals surface area contributed by atoms with E-state index >= 15 is 0 Å². The average molecular weight is 595 g/mol. The van der Waals surface area contributed by atoms with Crippen molar-refractivity contribution in [3.63, 3.8) is 0 Å². The van der Waals surface area contributed by atoms with Crippen molar-refractivity contribution in [3.05, 3.63) is 35.4 Å². The number of nitrogens with zero attached hydrogens (tertiary/aromatic N) is 2. The molecule has 12 heteroatoms. The molecular formula is C30H46N2O10. The van der Waals surface area contributed by atoms with Gasteiger partial charge in [0, 0.05) is 39.3 Å². The van der Waals surface area contributed by atoms with Crippen LogP contribution >= 0.6 is 0 Å². The molecule has 0 saturated carbocycles. The van der Waals surface area contributed by atoms with Gasteiger partial charge in [0.15, 0.2) is 23.0 Å².